The third-order valence-corrected chi connectivity index (χ3v) is 4.36. The maximum absolute atomic E-state index is 12.5. The lowest BCUT2D eigenvalue weighted by molar-refractivity contribution is 0.1000. The van der Waals surface area contributed by atoms with Gasteiger partial charge in [-0.05, 0) is 24.1 Å². The molecule has 1 aromatic heterocycles. The molecule has 0 fully saturated rings. The van der Waals surface area contributed by atoms with E-state index in [0.717, 1.165) is 5.56 Å². The van der Waals surface area contributed by atoms with Crippen molar-refractivity contribution in [3.63, 3.8) is 0 Å². The number of ketones is 1. The Labute approximate surface area is 125 Å². The Morgan fingerprint density at radius 1 is 1.33 bits per heavy atom. The number of rotatable bonds is 4. The predicted molar refractivity (Wildman–Crippen MR) is 78.0 cm³/mol. The Hall–Kier alpha value is -2.22. The van der Waals surface area contributed by atoms with Crippen LogP contribution >= 0.6 is 11.8 Å². The summed E-state index contributed by atoms with van der Waals surface area (Å²) in [7, 11) is 3.12. The van der Waals surface area contributed by atoms with E-state index >= 15 is 0 Å². The van der Waals surface area contributed by atoms with Crippen molar-refractivity contribution in [2.75, 3.05) is 20.0 Å². The molecule has 0 bridgehead atoms. The van der Waals surface area contributed by atoms with Crippen LogP contribution in [-0.2, 0) is 6.42 Å². The third-order valence-electron chi connectivity index (χ3n) is 3.30. The van der Waals surface area contributed by atoms with Gasteiger partial charge in [-0.3, -0.25) is 4.79 Å². The van der Waals surface area contributed by atoms with Gasteiger partial charge in [-0.2, -0.15) is 4.98 Å². The van der Waals surface area contributed by atoms with Crippen molar-refractivity contribution in [3.05, 3.63) is 23.3 Å². The van der Waals surface area contributed by atoms with E-state index in [1.165, 1.54) is 11.8 Å². The molecule has 7 nitrogen and oxygen atoms in total. The number of Topliss-reactive ketones (excluding diaryl/α,β-unsaturated/α-hetero) is 1. The first-order chi connectivity index (χ1) is 10.1. The second kappa shape index (κ2) is 5.28. The van der Waals surface area contributed by atoms with Crippen LogP contribution in [0.1, 0.15) is 15.9 Å². The number of H-pyrrole nitrogens is 1. The minimum Gasteiger partial charge on any atom is -0.493 e. The number of hydrogen-bond acceptors (Lipinski definition) is 7. The van der Waals surface area contributed by atoms with E-state index in [2.05, 4.69) is 15.2 Å². The molecule has 21 heavy (non-hydrogen) atoms. The molecule has 1 atom stereocenters. The second-order valence-electron chi connectivity index (χ2n) is 4.54. The quantitative estimate of drug-likeness (QED) is 0.877. The van der Waals surface area contributed by atoms with Gasteiger partial charge in [0.05, 0.1) is 19.5 Å². The first-order valence-electron chi connectivity index (χ1n) is 6.26. The number of thioether (sulfide) groups is 1. The average molecular weight is 306 g/mol. The molecule has 1 heterocycles. The summed E-state index contributed by atoms with van der Waals surface area (Å²) in [5.41, 5.74) is 7.09. The summed E-state index contributed by atoms with van der Waals surface area (Å²) in [4.78, 5) is 16.5. The summed E-state index contributed by atoms with van der Waals surface area (Å²) in [6.45, 7) is 0. The molecule has 0 aliphatic heterocycles. The van der Waals surface area contributed by atoms with Gasteiger partial charge in [0.15, 0.2) is 17.3 Å². The predicted octanol–water partition coefficient (Wildman–Crippen LogP) is 1.30. The molecule has 3 N–H and O–H groups in total. The van der Waals surface area contributed by atoms with Crippen LogP contribution in [0.4, 0.5) is 5.95 Å². The Kier molecular flexibility index (Phi) is 3.46. The van der Waals surface area contributed by atoms with E-state index in [0.29, 0.717) is 28.6 Å². The van der Waals surface area contributed by atoms with Crippen molar-refractivity contribution >= 4 is 23.5 Å². The van der Waals surface area contributed by atoms with Crippen LogP contribution in [0, 0.1) is 0 Å². The molecule has 0 saturated carbocycles. The summed E-state index contributed by atoms with van der Waals surface area (Å²) in [5, 5.41) is 6.72. The van der Waals surface area contributed by atoms with Crippen molar-refractivity contribution in [1.82, 2.24) is 15.2 Å². The highest BCUT2D eigenvalue weighted by Gasteiger charge is 2.33. The number of nitrogens with zero attached hydrogens (tertiary/aromatic N) is 2. The molecule has 8 heteroatoms. The number of aromatic nitrogens is 3. The van der Waals surface area contributed by atoms with Gasteiger partial charge in [0.1, 0.15) is 0 Å². The fourth-order valence-electron chi connectivity index (χ4n) is 2.32. The molecule has 1 aliphatic rings. The van der Waals surface area contributed by atoms with Gasteiger partial charge in [-0.25, -0.2) is 5.10 Å². The summed E-state index contributed by atoms with van der Waals surface area (Å²) < 4.78 is 10.5. The molecule has 0 amide bonds. The molecule has 0 spiro atoms. The number of ether oxygens (including phenoxy) is 2. The normalized spacial score (nSPS) is 16.9. The maximum Gasteiger partial charge on any atom is 0.216 e. The fourth-order valence-corrected chi connectivity index (χ4v) is 3.32. The standard InChI is InChI=1S/C13H14N4O3S/c1-19-8-3-6-4-10(21-13-15-12(14)16-17-13)11(18)7(6)5-9(8)20-2/h3,5,10H,4H2,1-2H3,(H3,14,15,16,17)/t10-/m0/s1. The zero-order valence-corrected chi connectivity index (χ0v) is 12.4. The molecule has 0 radical (unpaired) electrons. The summed E-state index contributed by atoms with van der Waals surface area (Å²) >= 11 is 1.30. The number of nitrogens with two attached hydrogens (primary N) is 1. The van der Waals surface area contributed by atoms with Crippen molar-refractivity contribution < 1.29 is 14.3 Å². The Morgan fingerprint density at radius 3 is 2.67 bits per heavy atom. The number of anilines is 1. The number of carbonyl (C=O) groups is 1. The minimum absolute atomic E-state index is 0.0410. The fraction of sp³-hybridized carbons (Fsp3) is 0.308. The second-order valence-corrected chi connectivity index (χ2v) is 5.71. The average Bonchev–Trinajstić information content (AvgIpc) is 3.02. The van der Waals surface area contributed by atoms with Gasteiger partial charge in [0, 0.05) is 5.56 Å². The molecule has 0 saturated heterocycles. The lowest BCUT2D eigenvalue weighted by Crippen LogP contribution is -2.11. The minimum atomic E-state index is -0.257. The monoisotopic (exact) mass is 306 g/mol. The first-order valence-corrected chi connectivity index (χ1v) is 7.14. The van der Waals surface area contributed by atoms with Crippen LogP contribution in [0.15, 0.2) is 17.3 Å². The highest BCUT2D eigenvalue weighted by atomic mass is 32.2. The van der Waals surface area contributed by atoms with Gasteiger partial charge in [0.25, 0.3) is 0 Å². The Bertz CT molecular complexity index is 701. The largest absolute Gasteiger partial charge is 0.493 e. The molecular formula is C13H14N4O3S. The summed E-state index contributed by atoms with van der Waals surface area (Å²) in [6, 6.07) is 3.57. The number of carbonyl (C=O) groups excluding carboxylic acids is 1. The molecular weight excluding hydrogens is 292 g/mol. The Balaban J connectivity index is 1.87. The lowest BCUT2D eigenvalue weighted by Gasteiger charge is -2.09. The van der Waals surface area contributed by atoms with Crippen LogP contribution in [0.3, 0.4) is 0 Å². The number of benzene rings is 1. The van der Waals surface area contributed by atoms with E-state index in [9.17, 15) is 4.79 Å². The van der Waals surface area contributed by atoms with Crippen molar-refractivity contribution in [3.8, 4) is 11.5 Å². The Morgan fingerprint density at radius 2 is 2.05 bits per heavy atom. The first kappa shape index (κ1) is 13.7. The van der Waals surface area contributed by atoms with Crippen molar-refractivity contribution in [2.24, 2.45) is 0 Å². The van der Waals surface area contributed by atoms with E-state index in [-0.39, 0.29) is 17.0 Å². The zero-order valence-electron chi connectivity index (χ0n) is 11.5. The SMILES string of the molecule is COc1cc2c(cc1OC)C(=O)[C@@H](Sc1n[nH]c(N)n1)C2. The molecule has 1 aliphatic carbocycles. The number of hydrogen-bond donors (Lipinski definition) is 2. The van der Waals surface area contributed by atoms with Crippen molar-refractivity contribution in [1.29, 1.82) is 0 Å². The van der Waals surface area contributed by atoms with Crippen LogP contribution in [-0.4, -0.2) is 40.4 Å². The molecule has 110 valence electrons. The van der Waals surface area contributed by atoms with Gasteiger partial charge < -0.3 is 15.2 Å². The van der Waals surface area contributed by atoms with Gasteiger partial charge in [-0.15, -0.1) is 5.10 Å². The topological polar surface area (TPSA) is 103 Å². The van der Waals surface area contributed by atoms with Crippen molar-refractivity contribution in [2.45, 2.75) is 16.8 Å². The smallest absolute Gasteiger partial charge is 0.216 e. The van der Waals surface area contributed by atoms with E-state index in [1.54, 1.807) is 20.3 Å². The molecule has 3 rings (SSSR count). The van der Waals surface area contributed by atoms with Crippen LogP contribution in [0.25, 0.3) is 0 Å². The number of nitrogens with one attached hydrogen (secondary N) is 1. The van der Waals surface area contributed by atoms with Crippen LogP contribution in [0.2, 0.25) is 0 Å². The number of fused-ring (bicyclic) bond motifs is 1. The maximum atomic E-state index is 12.5. The van der Waals surface area contributed by atoms with E-state index in [4.69, 9.17) is 15.2 Å². The van der Waals surface area contributed by atoms with Crippen LogP contribution in [0.5, 0.6) is 11.5 Å². The summed E-state index contributed by atoms with van der Waals surface area (Å²) in [6.07, 6.45) is 0.605. The number of nitrogen functional groups attached to an aromatic ring is 1. The summed E-state index contributed by atoms with van der Waals surface area (Å²) in [5.74, 6) is 1.46. The molecule has 2 aromatic rings. The highest BCUT2D eigenvalue weighted by molar-refractivity contribution is 8.00. The highest BCUT2D eigenvalue weighted by Crippen LogP contribution is 2.39. The molecule has 1 aromatic carbocycles. The van der Waals surface area contributed by atoms with Gasteiger partial charge in [-0.1, -0.05) is 11.8 Å². The number of methoxy groups -OCH3 is 2. The molecule has 0 unspecified atom stereocenters. The van der Waals surface area contributed by atoms with Crippen LogP contribution < -0.4 is 15.2 Å². The van der Waals surface area contributed by atoms with E-state index in [1.807, 2.05) is 6.07 Å². The van der Waals surface area contributed by atoms with Gasteiger partial charge >= 0.3 is 0 Å². The lowest BCUT2D eigenvalue weighted by atomic mass is 10.1. The van der Waals surface area contributed by atoms with E-state index < -0.39 is 0 Å². The number of aromatic amines is 1. The third kappa shape index (κ3) is 2.42. The van der Waals surface area contributed by atoms with Gasteiger partial charge in [0.2, 0.25) is 11.1 Å². The zero-order chi connectivity index (χ0) is 15.0.